The number of halogens is 4. The summed E-state index contributed by atoms with van der Waals surface area (Å²) in [6.07, 6.45) is 0.724. The van der Waals surface area contributed by atoms with Gasteiger partial charge in [-0.3, -0.25) is 0 Å². The third-order valence-corrected chi connectivity index (χ3v) is 5.38. The van der Waals surface area contributed by atoms with Gasteiger partial charge in [-0.15, -0.1) is 23.2 Å². The molecule has 20 heavy (non-hydrogen) atoms. The fraction of sp³-hybridized carbons (Fsp3) is 0.250. The van der Waals surface area contributed by atoms with E-state index in [1.165, 1.54) is 0 Å². The first-order valence-electron chi connectivity index (χ1n) is 6.23. The van der Waals surface area contributed by atoms with E-state index in [1.807, 2.05) is 36.4 Å². The highest BCUT2D eigenvalue weighted by Crippen LogP contribution is 2.34. The van der Waals surface area contributed by atoms with Gasteiger partial charge in [0.2, 0.25) is 0 Å². The van der Waals surface area contributed by atoms with Gasteiger partial charge >= 0.3 is 0 Å². The summed E-state index contributed by atoms with van der Waals surface area (Å²) in [7, 11) is 0. The summed E-state index contributed by atoms with van der Waals surface area (Å²) in [5.74, 6) is 0.896. The van der Waals surface area contributed by atoms with E-state index in [1.54, 1.807) is 0 Å². The van der Waals surface area contributed by atoms with E-state index >= 15 is 0 Å². The molecule has 0 unspecified atom stereocenters. The third-order valence-electron chi connectivity index (χ3n) is 3.45. The fourth-order valence-electron chi connectivity index (χ4n) is 2.20. The lowest BCUT2D eigenvalue weighted by molar-refractivity contribution is 0.536. The van der Waals surface area contributed by atoms with E-state index in [4.69, 9.17) is 34.8 Å². The van der Waals surface area contributed by atoms with Crippen molar-refractivity contribution >= 4 is 50.7 Å². The number of alkyl halides is 2. The van der Waals surface area contributed by atoms with Crippen LogP contribution in [0.25, 0.3) is 0 Å². The van der Waals surface area contributed by atoms with E-state index in [0.29, 0.717) is 11.8 Å². The third kappa shape index (κ3) is 3.51. The zero-order valence-electron chi connectivity index (χ0n) is 10.8. The maximum atomic E-state index is 6.26. The topological polar surface area (TPSA) is 0 Å². The Morgan fingerprint density at radius 3 is 2.05 bits per heavy atom. The molecule has 106 valence electrons. The second-order valence-electron chi connectivity index (χ2n) is 4.82. The van der Waals surface area contributed by atoms with Crippen molar-refractivity contribution in [2.45, 2.75) is 11.8 Å². The van der Waals surface area contributed by atoms with Crippen LogP contribution in [0, 0.1) is 0 Å². The Hall–Kier alpha value is -0.210. The minimum atomic E-state index is -0.311. The van der Waals surface area contributed by atoms with Crippen molar-refractivity contribution < 1.29 is 0 Å². The van der Waals surface area contributed by atoms with Gasteiger partial charge < -0.3 is 0 Å². The predicted octanol–water partition coefficient (Wildman–Crippen LogP) is 6.06. The monoisotopic (exact) mass is 390 g/mol. The Bertz CT molecular complexity index is 562. The maximum absolute atomic E-state index is 6.26. The minimum Gasteiger partial charge on any atom is -0.126 e. The van der Waals surface area contributed by atoms with Crippen molar-refractivity contribution in [1.29, 1.82) is 0 Å². The molecule has 2 aromatic carbocycles. The van der Waals surface area contributed by atoms with Crippen molar-refractivity contribution in [1.82, 2.24) is 0 Å². The molecule has 0 saturated heterocycles. The number of rotatable bonds is 5. The molecular weight excluding hydrogens is 378 g/mol. The molecule has 2 aromatic rings. The zero-order valence-corrected chi connectivity index (χ0v) is 14.6. The number of hydrogen-bond acceptors (Lipinski definition) is 0. The Labute approximate surface area is 143 Å². The Morgan fingerprint density at radius 2 is 1.50 bits per heavy atom. The van der Waals surface area contributed by atoms with E-state index in [0.717, 1.165) is 27.0 Å². The highest BCUT2D eigenvalue weighted by Gasteiger charge is 2.31. The quantitative estimate of drug-likeness (QED) is 0.543. The number of hydrogen-bond donors (Lipinski definition) is 0. The molecular formula is C16H14BrCl3. The molecule has 0 radical (unpaired) electrons. The molecule has 0 N–H and O–H groups in total. The lowest BCUT2D eigenvalue weighted by Crippen LogP contribution is -2.33. The average molecular weight is 393 g/mol. The molecule has 0 aromatic heterocycles. The van der Waals surface area contributed by atoms with Crippen LogP contribution in [0.4, 0.5) is 0 Å². The molecule has 4 heteroatoms. The zero-order chi connectivity index (χ0) is 14.6. The van der Waals surface area contributed by atoms with Crippen LogP contribution in [-0.2, 0) is 11.8 Å². The van der Waals surface area contributed by atoms with Gasteiger partial charge in [0.05, 0.1) is 0 Å². The first-order valence-corrected chi connectivity index (χ1v) is 8.47. The van der Waals surface area contributed by atoms with Crippen molar-refractivity contribution in [3.63, 3.8) is 0 Å². The summed E-state index contributed by atoms with van der Waals surface area (Å²) in [6, 6.07) is 16.0. The molecule has 0 atom stereocenters. The molecule has 0 saturated carbocycles. The highest BCUT2D eigenvalue weighted by atomic mass is 79.9. The summed E-state index contributed by atoms with van der Waals surface area (Å²) in [4.78, 5) is 0. The molecule has 0 bridgehead atoms. The van der Waals surface area contributed by atoms with Crippen molar-refractivity contribution in [2.24, 2.45) is 0 Å². The summed E-state index contributed by atoms with van der Waals surface area (Å²) in [6.45, 7) is 0. The van der Waals surface area contributed by atoms with Gasteiger partial charge in [0, 0.05) is 26.7 Å². The average Bonchev–Trinajstić information content (AvgIpc) is 2.48. The highest BCUT2D eigenvalue weighted by molar-refractivity contribution is 9.10. The van der Waals surface area contributed by atoms with Gasteiger partial charge in [0.15, 0.2) is 0 Å². The maximum Gasteiger partial charge on any atom is 0.0438 e. The van der Waals surface area contributed by atoms with Crippen LogP contribution in [0.5, 0.6) is 0 Å². The largest absolute Gasteiger partial charge is 0.126 e. The lowest BCUT2D eigenvalue weighted by atomic mass is 9.79. The number of benzene rings is 2. The van der Waals surface area contributed by atoms with Gasteiger partial charge in [0.1, 0.15) is 0 Å². The Morgan fingerprint density at radius 1 is 0.900 bits per heavy atom. The van der Waals surface area contributed by atoms with Crippen LogP contribution < -0.4 is 0 Å². The predicted molar refractivity (Wildman–Crippen MR) is 92.4 cm³/mol. The standard InChI is InChI=1S/C16H14BrCl3/c17-14-7-5-13(6-8-14)16(10-18,11-19)9-12-3-1-2-4-15(12)20/h1-8H,9-11H2. The SMILES string of the molecule is ClCC(CCl)(Cc1ccccc1Cl)c1ccc(Br)cc1. The molecule has 0 spiro atoms. The van der Waals surface area contributed by atoms with E-state index in [2.05, 4.69) is 28.1 Å². The molecule has 2 rings (SSSR count). The van der Waals surface area contributed by atoms with E-state index < -0.39 is 0 Å². The molecule has 0 fully saturated rings. The van der Waals surface area contributed by atoms with Gasteiger partial charge in [-0.25, -0.2) is 0 Å². The van der Waals surface area contributed by atoms with Crippen LogP contribution in [0.1, 0.15) is 11.1 Å². The smallest absolute Gasteiger partial charge is 0.0438 e. The fourth-order valence-corrected chi connectivity index (χ4v) is 3.45. The molecule has 0 heterocycles. The van der Waals surface area contributed by atoms with Crippen LogP contribution in [0.3, 0.4) is 0 Å². The summed E-state index contributed by atoms with van der Waals surface area (Å²) < 4.78 is 1.04. The van der Waals surface area contributed by atoms with Gasteiger partial charge in [-0.2, -0.15) is 0 Å². The summed E-state index contributed by atoms with van der Waals surface area (Å²) in [5, 5.41) is 0.754. The normalized spacial score (nSPS) is 11.6. The van der Waals surface area contributed by atoms with Crippen LogP contribution >= 0.6 is 50.7 Å². The Balaban J connectivity index is 2.39. The van der Waals surface area contributed by atoms with Gasteiger partial charge in [-0.1, -0.05) is 57.9 Å². The second kappa shape index (κ2) is 7.17. The molecule has 0 aliphatic rings. The van der Waals surface area contributed by atoms with Crippen molar-refractivity contribution in [3.05, 3.63) is 69.2 Å². The van der Waals surface area contributed by atoms with E-state index in [-0.39, 0.29) is 5.41 Å². The minimum absolute atomic E-state index is 0.311. The van der Waals surface area contributed by atoms with Crippen molar-refractivity contribution in [3.8, 4) is 0 Å². The van der Waals surface area contributed by atoms with Crippen LogP contribution in [-0.4, -0.2) is 11.8 Å². The van der Waals surface area contributed by atoms with E-state index in [9.17, 15) is 0 Å². The summed E-state index contributed by atoms with van der Waals surface area (Å²) >= 11 is 22.2. The van der Waals surface area contributed by atoms with Crippen molar-refractivity contribution in [2.75, 3.05) is 11.8 Å². The Kier molecular flexibility index (Phi) is 5.80. The molecule has 0 amide bonds. The molecule has 0 aliphatic carbocycles. The second-order valence-corrected chi connectivity index (χ2v) is 6.68. The summed E-state index contributed by atoms with van der Waals surface area (Å²) in [5.41, 5.74) is 1.89. The van der Waals surface area contributed by atoms with Gasteiger partial charge in [0.25, 0.3) is 0 Å². The first-order chi connectivity index (χ1) is 9.61. The van der Waals surface area contributed by atoms with Crippen LogP contribution in [0.15, 0.2) is 53.0 Å². The molecule has 0 aliphatic heterocycles. The first kappa shape index (κ1) is 16.2. The molecule has 0 nitrogen and oxygen atoms in total. The van der Waals surface area contributed by atoms with Crippen LogP contribution in [0.2, 0.25) is 5.02 Å². The lowest BCUT2D eigenvalue weighted by Gasteiger charge is -2.31. The van der Waals surface area contributed by atoms with Gasteiger partial charge in [-0.05, 0) is 35.7 Å².